The largest absolute Gasteiger partial charge is 0.358 e. The molecule has 0 atom stereocenters. The van der Waals surface area contributed by atoms with Gasteiger partial charge in [-0.1, -0.05) is 29.9 Å². The Morgan fingerprint density at radius 1 is 1.38 bits per heavy atom. The van der Waals surface area contributed by atoms with Gasteiger partial charge in [0.1, 0.15) is 5.01 Å². The van der Waals surface area contributed by atoms with E-state index >= 15 is 0 Å². The summed E-state index contributed by atoms with van der Waals surface area (Å²) in [6.45, 7) is 6.78. The number of aromatic nitrogens is 3. The molecule has 0 aliphatic carbocycles. The van der Waals surface area contributed by atoms with Gasteiger partial charge in [0.25, 0.3) is 0 Å². The fraction of sp³-hybridized carbons (Fsp3) is 0.421. The Balaban J connectivity index is 1.37. The molecule has 1 aromatic carbocycles. The summed E-state index contributed by atoms with van der Waals surface area (Å²) in [6.07, 6.45) is 2.31. The zero-order chi connectivity index (χ0) is 18.1. The average Bonchev–Trinajstić information content (AvgIpc) is 3.23. The Bertz CT molecular complexity index is 945. The van der Waals surface area contributed by atoms with E-state index in [0.29, 0.717) is 11.6 Å². The Kier molecular flexibility index (Phi) is 4.74. The summed E-state index contributed by atoms with van der Waals surface area (Å²) in [5, 5.41) is 13.8. The molecular weight excluding hydrogens is 346 g/mol. The molecule has 0 radical (unpaired) electrons. The lowest BCUT2D eigenvalue weighted by Gasteiger charge is -2.26. The van der Waals surface area contributed by atoms with Crippen molar-refractivity contribution in [3.63, 3.8) is 0 Å². The molecule has 0 saturated heterocycles. The topological polar surface area (TPSA) is 73.9 Å². The quantitative estimate of drug-likeness (QED) is 0.724. The maximum atomic E-state index is 12.2. The molecular formula is C19H23N5OS. The van der Waals surface area contributed by atoms with E-state index in [1.807, 2.05) is 6.92 Å². The first kappa shape index (κ1) is 17.2. The summed E-state index contributed by atoms with van der Waals surface area (Å²) in [5.74, 6) is 0.00405. The average molecular weight is 369 g/mol. The molecule has 0 saturated carbocycles. The molecule has 0 fully saturated rings. The second kappa shape index (κ2) is 7.17. The van der Waals surface area contributed by atoms with Crippen LogP contribution in [-0.4, -0.2) is 39.1 Å². The number of H-pyrrole nitrogens is 1. The zero-order valence-electron chi connectivity index (χ0n) is 15.1. The molecule has 0 spiro atoms. The van der Waals surface area contributed by atoms with E-state index in [0.717, 1.165) is 37.5 Å². The summed E-state index contributed by atoms with van der Waals surface area (Å²) >= 11 is 1.45. The smallest absolute Gasteiger partial charge is 0.227 e. The summed E-state index contributed by atoms with van der Waals surface area (Å²) in [5.41, 5.74) is 5.21. The normalized spacial score (nSPS) is 14.5. The highest BCUT2D eigenvalue weighted by Crippen LogP contribution is 2.28. The van der Waals surface area contributed by atoms with Crippen LogP contribution >= 0.6 is 11.3 Å². The third-order valence-electron chi connectivity index (χ3n) is 4.88. The third kappa shape index (κ3) is 3.50. The number of carbonyl (C=O) groups excluding carboxylic acids is 1. The van der Waals surface area contributed by atoms with Crippen LogP contribution in [0.5, 0.6) is 0 Å². The third-order valence-corrected chi connectivity index (χ3v) is 5.86. The lowest BCUT2D eigenvalue weighted by Crippen LogP contribution is -2.33. The zero-order valence-corrected chi connectivity index (χ0v) is 15.9. The van der Waals surface area contributed by atoms with Crippen LogP contribution in [0.1, 0.15) is 35.2 Å². The van der Waals surface area contributed by atoms with Crippen molar-refractivity contribution in [3.05, 3.63) is 40.0 Å². The molecule has 6 nitrogen and oxygen atoms in total. The van der Waals surface area contributed by atoms with Gasteiger partial charge in [0, 0.05) is 49.1 Å². The lowest BCUT2D eigenvalue weighted by atomic mass is 10.0. The number of nitrogens with one attached hydrogen (secondary N) is 2. The standard InChI is InChI=1S/C19H23N5OS/c1-3-18-22-23-19(26-18)21-17(25)7-9-24-8-6-16-14(11-24)13-10-12(2)4-5-15(13)20-16/h4-5,10,20H,3,6-9,11H2,1-2H3,(H,21,23,25). The highest BCUT2D eigenvalue weighted by Gasteiger charge is 2.21. The van der Waals surface area contributed by atoms with E-state index in [2.05, 4.69) is 50.5 Å². The van der Waals surface area contributed by atoms with Crippen molar-refractivity contribution in [2.75, 3.05) is 18.4 Å². The number of carbonyl (C=O) groups is 1. The number of anilines is 1. The van der Waals surface area contributed by atoms with Crippen molar-refractivity contribution in [1.82, 2.24) is 20.1 Å². The van der Waals surface area contributed by atoms with Crippen molar-refractivity contribution >= 4 is 33.3 Å². The Labute approximate surface area is 156 Å². The highest BCUT2D eigenvalue weighted by molar-refractivity contribution is 7.15. The van der Waals surface area contributed by atoms with Crippen molar-refractivity contribution < 1.29 is 4.79 Å². The summed E-state index contributed by atoms with van der Waals surface area (Å²) < 4.78 is 0. The van der Waals surface area contributed by atoms with Gasteiger partial charge in [-0.25, -0.2) is 0 Å². The lowest BCUT2D eigenvalue weighted by molar-refractivity contribution is -0.116. The van der Waals surface area contributed by atoms with Crippen LogP contribution in [0.15, 0.2) is 18.2 Å². The van der Waals surface area contributed by atoms with Gasteiger partial charge in [-0.05, 0) is 31.0 Å². The van der Waals surface area contributed by atoms with Crippen LogP contribution in [0.3, 0.4) is 0 Å². The minimum atomic E-state index is 0.00405. The van der Waals surface area contributed by atoms with Crippen LogP contribution in [-0.2, 0) is 24.2 Å². The molecule has 7 heteroatoms. The summed E-state index contributed by atoms with van der Waals surface area (Å²) in [6, 6.07) is 6.55. The second-order valence-corrected chi connectivity index (χ2v) is 7.87. The van der Waals surface area contributed by atoms with Gasteiger partial charge in [-0.3, -0.25) is 9.69 Å². The van der Waals surface area contributed by atoms with Crippen molar-refractivity contribution in [1.29, 1.82) is 0 Å². The molecule has 136 valence electrons. The minimum absolute atomic E-state index is 0.00405. The maximum absolute atomic E-state index is 12.2. The van der Waals surface area contributed by atoms with Gasteiger partial charge in [-0.2, -0.15) is 0 Å². The van der Waals surface area contributed by atoms with Gasteiger partial charge >= 0.3 is 0 Å². The van der Waals surface area contributed by atoms with E-state index in [1.165, 1.54) is 39.1 Å². The molecule has 3 heterocycles. The molecule has 3 aromatic rings. The number of amides is 1. The second-order valence-electron chi connectivity index (χ2n) is 6.81. The fourth-order valence-electron chi connectivity index (χ4n) is 3.46. The number of hydrogen-bond donors (Lipinski definition) is 2. The van der Waals surface area contributed by atoms with Crippen LogP contribution in [0.2, 0.25) is 0 Å². The number of aryl methyl sites for hydroxylation is 2. The first-order valence-electron chi connectivity index (χ1n) is 9.07. The molecule has 1 aliphatic rings. The van der Waals surface area contributed by atoms with Crippen LogP contribution < -0.4 is 5.32 Å². The highest BCUT2D eigenvalue weighted by atomic mass is 32.1. The molecule has 1 aliphatic heterocycles. The van der Waals surface area contributed by atoms with E-state index in [9.17, 15) is 4.79 Å². The molecule has 0 unspecified atom stereocenters. The number of aromatic amines is 1. The van der Waals surface area contributed by atoms with Crippen LogP contribution in [0.25, 0.3) is 10.9 Å². The molecule has 2 N–H and O–H groups in total. The van der Waals surface area contributed by atoms with Gasteiger partial charge < -0.3 is 10.3 Å². The molecule has 0 bridgehead atoms. The van der Waals surface area contributed by atoms with Gasteiger partial charge in [0.2, 0.25) is 11.0 Å². The van der Waals surface area contributed by atoms with E-state index < -0.39 is 0 Å². The van der Waals surface area contributed by atoms with E-state index in [4.69, 9.17) is 0 Å². The van der Waals surface area contributed by atoms with Crippen molar-refractivity contribution in [3.8, 4) is 0 Å². The van der Waals surface area contributed by atoms with Crippen LogP contribution in [0.4, 0.5) is 5.13 Å². The predicted molar refractivity (Wildman–Crippen MR) is 105 cm³/mol. The Hall–Kier alpha value is -2.25. The number of hydrogen-bond acceptors (Lipinski definition) is 5. The molecule has 1 amide bonds. The van der Waals surface area contributed by atoms with Crippen molar-refractivity contribution in [2.45, 2.75) is 39.7 Å². The predicted octanol–water partition coefficient (Wildman–Crippen LogP) is 3.28. The first-order valence-corrected chi connectivity index (χ1v) is 9.88. The van der Waals surface area contributed by atoms with Crippen molar-refractivity contribution in [2.24, 2.45) is 0 Å². The Morgan fingerprint density at radius 3 is 3.08 bits per heavy atom. The summed E-state index contributed by atoms with van der Waals surface area (Å²) in [7, 11) is 0. The molecule has 2 aromatic heterocycles. The SMILES string of the molecule is CCc1nnc(NC(=O)CCN2CCc3[nH]c4ccc(C)cc4c3C2)s1. The van der Waals surface area contributed by atoms with Crippen LogP contribution in [0, 0.1) is 6.92 Å². The fourth-order valence-corrected chi connectivity index (χ4v) is 4.16. The molecule has 4 rings (SSSR count). The van der Waals surface area contributed by atoms with Gasteiger partial charge in [0.05, 0.1) is 0 Å². The number of benzene rings is 1. The number of rotatable bonds is 5. The van der Waals surface area contributed by atoms with E-state index in [-0.39, 0.29) is 5.91 Å². The Morgan fingerprint density at radius 2 is 2.27 bits per heavy atom. The monoisotopic (exact) mass is 369 g/mol. The summed E-state index contributed by atoms with van der Waals surface area (Å²) in [4.78, 5) is 18.1. The van der Waals surface area contributed by atoms with E-state index in [1.54, 1.807) is 0 Å². The van der Waals surface area contributed by atoms with Gasteiger partial charge in [0.15, 0.2) is 0 Å². The number of fused-ring (bicyclic) bond motifs is 3. The number of nitrogens with zero attached hydrogens (tertiary/aromatic N) is 3. The molecule has 26 heavy (non-hydrogen) atoms. The van der Waals surface area contributed by atoms with Gasteiger partial charge in [-0.15, -0.1) is 10.2 Å². The first-order chi connectivity index (χ1) is 12.6. The maximum Gasteiger partial charge on any atom is 0.227 e. The minimum Gasteiger partial charge on any atom is -0.358 e.